The minimum atomic E-state index is -5.29. The number of aliphatic hydroxyl groups is 4. The second-order valence-electron chi connectivity index (χ2n) is 8.22. The lowest BCUT2D eigenvalue weighted by Crippen LogP contribution is -2.35. The number of aromatic nitrogens is 4. The molecule has 214 valence electrons. The summed E-state index contributed by atoms with van der Waals surface area (Å²) in [5.41, 5.74) is 6.12. The predicted octanol–water partition coefficient (Wildman–Crippen LogP) is -2.24. The van der Waals surface area contributed by atoms with Crippen molar-refractivity contribution in [1.29, 1.82) is 0 Å². The first-order valence-corrected chi connectivity index (χ1v) is 14.1. The zero-order chi connectivity index (χ0) is 27.8. The summed E-state index contributed by atoms with van der Waals surface area (Å²) >= 11 is 0. The fraction of sp³-hybridized carbons (Fsp3) is 0.706. The number of rotatable bonds is 11. The van der Waals surface area contributed by atoms with Crippen molar-refractivity contribution >= 4 is 32.6 Å². The standard InChI is InChI=1S/C17H27N5O14P2/c1-2-31-17-13(26)11(24)8(35-17)4-33-38(29,30)36-37(27,28)32-3-7-10(23)12(25)16(34-7)22-6-21-9-14(18)19-5-20-15(9)22/h5-8,10-13,16-17,23-26H,2-4H2,1H3,(H,27,28)(H,29,30)(H2,18,19,20)/t7-,8-,10-,11-,12-,13-,16-,17-/m1/s1. The van der Waals surface area contributed by atoms with Crippen LogP contribution in [0, 0.1) is 0 Å². The summed E-state index contributed by atoms with van der Waals surface area (Å²) in [6.07, 6.45) is -8.97. The highest BCUT2D eigenvalue weighted by molar-refractivity contribution is 7.61. The number of nitrogen functional groups attached to an aromatic ring is 1. The number of fused-ring (bicyclic) bond motifs is 1. The van der Waals surface area contributed by atoms with Gasteiger partial charge in [-0.1, -0.05) is 0 Å². The lowest BCUT2D eigenvalue weighted by molar-refractivity contribution is -0.166. The predicted molar refractivity (Wildman–Crippen MR) is 121 cm³/mol. The summed E-state index contributed by atoms with van der Waals surface area (Å²) in [7, 11) is -10.6. The van der Waals surface area contributed by atoms with Gasteiger partial charge in [0.15, 0.2) is 24.0 Å². The molecule has 2 fully saturated rings. The number of phosphoric ester groups is 2. The molecule has 0 spiro atoms. The summed E-state index contributed by atoms with van der Waals surface area (Å²) in [6, 6.07) is 0. The Balaban J connectivity index is 1.32. The normalized spacial score (nSPS) is 34.9. The molecule has 10 atom stereocenters. The minimum Gasteiger partial charge on any atom is -0.387 e. The van der Waals surface area contributed by atoms with Crippen molar-refractivity contribution in [1.82, 2.24) is 19.5 Å². The van der Waals surface area contributed by atoms with E-state index in [1.807, 2.05) is 0 Å². The molecule has 2 saturated heterocycles. The smallest absolute Gasteiger partial charge is 0.387 e. The van der Waals surface area contributed by atoms with Crippen molar-refractivity contribution in [2.75, 3.05) is 25.6 Å². The quantitative estimate of drug-likeness (QED) is 0.137. The molecule has 2 aliphatic rings. The first-order chi connectivity index (χ1) is 17.8. The molecule has 2 unspecified atom stereocenters. The monoisotopic (exact) mass is 587 g/mol. The van der Waals surface area contributed by atoms with Gasteiger partial charge in [0, 0.05) is 6.61 Å². The van der Waals surface area contributed by atoms with Crippen molar-refractivity contribution in [3.8, 4) is 0 Å². The molecule has 0 saturated carbocycles. The number of nitrogens with zero attached hydrogens (tertiary/aromatic N) is 4. The third kappa shape index (κ3) is 6.22. The molecule has 0 radical (unpaired) electrons. The van der Waals surface area contributed by atoms with E-state index in [0.29, 0.717) is 0 Å². The molecule has 0 bridgehead atoms. The Morgan fingerprint density at radius 1 is 0.947 bits per heavy atom. The number of nitrogens with two attached hydrogens (primary N) is 1. The van der Waals surface area contributed by atoms with Gasteiger partial charge < -0.3 is 50.2 Å². The van der Waals surface area contributed by atoms with Crippen LogP contribution >= 0.6 is 15.6 Å². The van der Waals surface area contributed by atoms with Gasteiger partial charge in [-0.25, -0.2) is 24.1 Å². The van der Waals surface area contributed by atoms with E-state index in [-0.39, 0.29) is 23.6 Å². The van der Waals surface area contributed by atoms with Gasteiger partial charge in [0.05, 0.1) is 19.5 Å². The highest BCUT2D eigenvalue weighted by atomic mass is 31.3. The van der Waals surface area contributed by atoms with E-state index in [1.54, 1.807) is 6.92 Å². The maximum absolute atomic E-state index is 12.3. The molecular formula is C17H27N5O14P2. The summed E-state index contributed by atoms with van der Waals surface area (Å²) in [5, 5.41) is 40.6. The summed E-state index contributed by atoms with van der Waals surface area (Å²) in [5.74, 6) is 0.0648. The van der Waals surface area contributed by atoms with Gasteiger partial charge in [-0.3, -0.25) is 13.6 Å². The fourth-order valence-corrected chi connectivity index (χ4v) is 5.91. The van der Waals surface area contributed by atoms with Crippen molar-refractivity contribution in [2.24, 2.45) is 0 Å². The lowest BCUT2D eigenvalue weighted by Gasteiger charge is -2.20. The molecule has 19 nitrogen and oxygen atoms in total. The third-order valence-corrected chi connectivity index (χ3v) is 8.26. The topological polar surface area (TPSA) is 281 Å². The number of hydrogen-bond acceptors (Lipinski definition) is 16. The third-order valence-electron chi connectivity index (χ3n) is 5.66. The van der Waals surface area contributed by atoms with Gasteiger partial charge >= 0.3 is 15.6 Å². The molecule has 4 heterocycles. The van der Waals surface area contributed by atoms with Crippen LogP contribution in [0.25, 0.3) is 11.2 Å². The van der Waals surface area contributed by atoms with Crippen molar-refractivity contribution in [3.05, 3.63) is 12.7 Å². The molecule has 0 aliphatic carbocycles. The Hall–Kier alpha value is -1.67. The SMILES string of the molecule is CCO[C@@H]1O[C@H](COP(=O)(O)OP(=O)(O)OC[C@H]2O[C@@H](n3cnc4c(N)ncnc43)[C@H](O)[C@@H]2O)[C@@H](O)[C@H]1O. The van der Waals surface area contributed by atoms with E-state index in [9.17, 15) is 39.3 Å². The highest BCUT2D eigenvalue weighted by Crippen LogP contribution is 2.60. The van der Waals surface area contributed by atoms with E-state index in [4.69, 9.17) is 19.9 Å². The van der Waals surface area contributed by atoms with Crippen LogP contribution in [0.4, 0.5) is 5.82 Å². The van der Waals surface area contributed by atoms with Crippen molar-refractivity contribution in [2.45, 2.75) is 56.1 Å². The van der Waals surface area contributed by atoms with Gasteiger partial charge in [0.1, 0.15) is 48.5 Å². The summed E-state index contributed by atoms with van der Waals surface area (Å²) in [6.45, 7) is 0.0791. The van der Waals surface area contributed by atoms with Crippen LogP contribution < -0.4 is 5.73 Å². The van der Waals surface area contributed by atoms with Crippen LogP contribution in [0.2, 0.25) is 0 Å². The van der Waals surface area contributed by atoms with Crippen molar-refractivity contribution in [3.63, 3.8) is 0 Å². The average molecular weight is 587 g/mol. The molecule has 38 heavy (non-hydrogen) atoms. The molecule has 8 N–H and O–H groups in total. The Morgan fingerprint density at radius 3 is 2.18 bits per heavy atom. The van der Waals surface area contributed by atoms with Gasteiger partial charge in [-0.2, -0.15) is 4.31 Å². The van der Waals surface area contributed by atoms with Gasteiger partial charge in [0.25, 0.3) is 0 Å². The molecular weight excluding hydrogens is 560 g/mol. The highest BCUT2D eigenvalue weighted by Gasteiger charge is 2.47. The Kier molecular flexibility index (Phi) is 8.83. The second kappa shape index (κ2) is 11.4. The zero-order valence-corrected chi connectivity index (χ0v) is 21.4. The minimum absolute atomic E-state index is 0.0648. The number of anilines is 1. The molecule has 0 aromatic carbocycles. The Labute approximate surface area is 213 Å². The largest absolute Gasteiger partial charge is 0.481 e. The number of hydrogen-bond donors (Lipinski definition) is 7. The van der Waals surface area contributed by atoms with Crippen LogP contribution in [0.5, 0.6) is 0 Å². The Morgan fingerprint density at radius 2 is 1.55 bits per heavy atom. The second-order valence-corrected chi connectivity index (χ2v) is 11.3. The summed E-state index contributed by atoms with van der Waals surface area (Å²) in [4.78, 5) is 31.5. The number of imidazole rings is 1. The Bertz CT molecular complexity index is 1220. The van der Waals surface area contributed by atoms with Crippen LogP contribution in [0.15, 0.2) is 12.7 Å². The zero-order valence-electron chi connectivity index (χ0n) is 19.6. The maximum atomic E-state index is 12.3. The lowest BCUT2D eigenvalue weighted by atomic mass is 10.1. The molecule has 2 aromatic rings. The van der Waals surface area contributed by atoms with Gasteiger partial charge in [-0.05, 0) is 6.92 Å². The summed E-state index contributed by atoms with van der Waals surface area (Å²) < 4.78 is 54.9. The van der Waals surface area contributed by atoms with Crippen molar-refractivity contribution < 1.29 is 66.9 Å². The molecule has 2 aliphatic heterocycles. The van der Waals surface area contributed by atoms with Gasteiger partial charge in [-0.15, -0.1) is 0 Å². The first-order valence-electron chi connectivity index (χ1n) is 11.1. The van der Waals surface area contributed by atoms with Crippen LogP contribution in [-0.4, -0.2) is 112 Å². The van der Waals surface area contributed by atoms with E-state index < -0.39 is 78.0 Å². The van der Waals surface area contributed by atoms with E-state index >= 15 is 0 Å². The van der Waals surface area contributed by atoms with E-state index in [1.165, 1.54) is 10.9 Å². The van der Waals surface area contributed by atoms with Crippen LogP contribution in [-0.2, 0) is 36.7 Å². The number of phosphoric acid groups is 2. The van der Waals surface area contributed by atoms with Crippen LogP contribution in [0.3, 0.4) is 0 Å². The number of aliphatic hydroxyl groups excluding tert-OH is 4. The maximum Gasteiger partial charge on any atom is 0.481 e. The number of ether oxygens (including phenoxy) is 3. The van der Waals surface area contributed by atoms with E-state index in [2.05, 4.69) is 28.3 Å². The average Bonchev–Trinajstić information content (AvgIpc) is 3.48. The fourth-order valence-electron chi connectivity index (χ4n) is 3.82. The molecule has 2 aromatic heterocycles. The van der Waals surface area contributed by atoms with Crippen LogP contribution in [0.1, 0.15) is 13.2 Å². The molecule has 4 rings (SSSR count). The van der Waals surface area contributed by atoms with Gasteiger partial charge in [0.2, 0.25) is 0 Å². The molecule has 0 amide bonds. The van der Waals surface area contributed by atoms with E-state index in [0.717, 1.165) is 6.33 Å². The first kappa shape index (κ1) is 29.3. The molecule has 21 heteroatoms.